The highest BCUT2D eigenvalue weighted by Crippen LogP contribution is 2.42. The van der Waals surface area contributed by atoms with E-state index < -0.39 is 11.9 Å². The number of primary amides is 1. The summed E-state index contributed by atoms with van der Waals surface area (Å²) in [7, 11) is 1.49. The van der Waals surface area contributed by atoms with Crippen LogP contribution >= 0.6 is 23.2 Å². The highest BCUT2D eigenvalue weighted by molar-refractivity contribution is 6.35. The third kappa shape index (κ3) is 2.51. The van der Waals surface area contributed by atoms with E-state index in [1.807, 2.05) is 0 Å². The van der Waals surface area contributed by atoms with Gasteiger partial charge in [0.15, 0.2) is 0 Å². The second-order valence-electron chi connectivity index (χ2n) is 4.97. The molecule has 0 unspecified atom stereocenters. The normalized spacial score (nSPS) is 16.8. The van der Waals surface area contributed by atoms with Crippen molar-refractivity contribution in [3.8, 4) is 5.75 Å². The first kappa shape index (κ1) is 15.6. The topological polar surface area (TPSA) is 95.1 Å². The van der Waals surface area contributed by atoms with Crippen molar-refractivity contribution in [1.29, 1.82) is 0 Å². The van der Waals surface area contributed by atoms with Crippen molar-refractivity contribution in [3.63, 3.8) is 0 Å². The van der Waals surface area contributed by atoms with Gasteiger partial charge in [0.05, 0.1) is 17.7 Å². The van der Waals surface area contributed by atoms with E-state index in [0.717, 1.165) is 0 Å². The zero-order chi connectivity index (χ0) is 16.7. The number of amides is 1. The van der Waals surface area contributed by atoms with Gasteiger partial charge in [0.2, 0.25) is 11.9 Å². The van der Waals surface area contributed by atoms with Crippen LogP contribution in [0.2, 0.25) is 10.0 Å². The summed E-state index contributed by atoms with van der Waals surface area (Å²) in [5.74, 6) is 0.297. The number of methoxy groups -OCH3 is 1. The highest BCUT2D eigenvalue weighted by Gasteiger charge is 2.34. The van der Waals surface area contributed by atoms with Crippen molar-refractivity contribution in [1.82, 2.24) is 14.8 Å². The lowest BCUT2D eigenvalue weighted by molar-refractivity contribution is -0.115. The molecule has 3 rings (SSSR count). The van der Waals surface area contributed by atoms with Gasteiger partial charge in [-0.05, 0) is 19.1 Å². The minimum absolute atomic E-state index is 0.330. The number of anilines is 1. The van der Waals surface area contributed by atoms with Gasteiger partial charge in [0.25, 0.3) is 0 Å². The molecule has 0 fully saturated rings. The quantitative estimate of drug-likeness (QED) is 0.882. The number of benzene rings is 1. The molecule has 2 aromatic rings. The highest BCUT2D eigenvalue weighted by atomic mass is 35.5. The molecule has 1 atom stereocenters. The number of nitrogens with one attached hydrogen (secondary N) is 1. The van der Waals surface area contributed by atoms with E-state index in [-0.39, 0.29) is 0 Å². The Bertz CT molecular complexity index is 831. The molecular weight excluding hydrogens is 341 g/mol. The Kier molecular flexibility index (Phi) is 3.91. The molecule has 1 amide bonds. The lowest BCUT2D eigenvalue weighted by Gasteiger charge is -2.29. The molecule has 0 aliphatic carbocycles. The predicted molar refractivity (Wildman–Crippen MR) is 86.7 cm³/mol. The molecule has 2 heterocycles. The van der Waals surface area contributed by atoms with E-state index in [1.165, 1.54) is 18.1 Å². The monoisotopic (exact) mass is 353 g/mol. The number of nitrogens with two attached hydrogens (primary N) is 1. The van der Waals surface area contributed by atoms with Crippen LogP contribution < -0.4 is 15.8 Å². The fourth-order valence-electron chi connectivity index (χ4n) is 2.70. The van der Waals surface area contributed by atoms with Crippen molar-refractivity contribution in [3.05, 3.63) is 45.3 Å². The summed E-state index contributed by atoms with van der Waals surface area (Å²) >= 11 is 12.3. The third-order valence-corrected chi connectivity index (χ3v) is 4.09. The minimum atomic E-state index is -0.641. The van der Waals surface area contributed by atoms with Crippen LogP contribution in [-0.2, 0) is 4.79 Å². The van der Waals surface area contributed by atoms with Crippen LogP contribution in [0.15, 0.2) is 29.7 Å². The van der Waals surface area contributed by atoms with E-state index in [4.69, 9.17) is 33.7 Å². The molecule has 7 nitrogen and oxygen atoms in total. The first-order valence-corrected chi connectivity index (χ1v) is 7.39. The number of hydrogen-bond donors (Lipinski definition) is 2. The summed E-state index contributed by atoms with van der Waals surface area (Å²) < 4.78 is 6.93. The van der Waals surface area contributed by atoms with E-state index >= 15 is 0 Å². The molecule has 0 bridgehead atoms. The van der Waals surface area contributed by atoms with Crippen LogP contribution in [0, 0.1) is 0 Å². The van der Waals surface area contributed by atoms with Crippen molar-refractivity contribution >= 4 is 35.1 Å². The first-order chi connectivity index (χ1) is 10.9. The molecule has 3 N–H and O–H groups in total. The Labute approximate surface area is 142 Å². The van der Waals surface area contributed by atoms with Crippen LogP contribution in [0.5, 0.6) is 5.75 Å². The summed E-state index contributed by atoms with van der Waals surface area (Å²) in [4.78, 5) is 16.1. The number of halogens is 2. The smallest absolute Gasteiger partial charge is 0.248 e. The third-order valence-electron chi connectivity index (χ3n) is 3.60. The lowest BCUT2D eigenvalue weighted by atomic mass is 9.94. The fraction of sp³-hybridized carbons (Fsp3) is 0.214. The van der Waals surface area contributed by atoms with E-state index in [0.29, 0.717) is 38.6 Å². The number of carbonyl (C=O) groups is 1. The van der Waals surface area contributed by atoms with Crippen LogP contribution in [0.25, 0.3) is 0 Å². The van der Waals surface area contributed by atoms with Crippen molar-refractivity contribution < 1.29 is 9.53 Å². The molecule has 0 saturated carbocycles. The van der Waals surface area contributed by atoms with E-state index in [1.54, 1.807) is 19.1 Å². The average molecular weight is 354 g/mol. The second-order valence-corrected chi connectivity index (χ2v) is 5.81. The molecule has 1 aliphatic rings. The van der Waals surface area contributed by atoms with Crippen molar-refractivity contribution in [2.24, 2.45) is 5.73 Å². The largest absolute Gasteiger partial charge is 0.495 e. The predicted octanol–water partition coefficient (Wildman–Crippen LogP) is 2.37. The summed E-state index contributed by atoms with van der Waals surface area (Å²) in [6, 6.07) is 2.59. The molecule has 9 heteroatoms. The maximum Gasteiger partial charge on any atom is 0.248 e. The number of carbonyl (C=O) groups excluding carboxylic acids is 1. The van der Waals surface area contributed by atoms with Gasteiger partial charge in [-0.2, -0.15) is 10.1 Å². The molecule has 23 heavy (non-hydrogen) atoms. The Morgan fingerprint density at radius 3 is 2.83 bits per heavy atom. The van der Waals surface area contributed by atoms with Crippen LogP contribution in [0.4, 0.5) is 5.95 Å². The van der Waals surface area contributed by atoms with E-state index in [9.17, 15) is 4.79 Å². The lowest BCUT2D eigenvalue weighted by Crippen LogP contribution is -2.32. The number of allylic oxidation sites excluding steroid dienone is 1. The molecular formula is C14H13Cl2N5O2. The number of nitrogens with zero attached hydrogens (tertiary/aromatic N) is 3. The first-order valence-electron chi connectivity index (χ1n) is 6.64. The SMILES string of the molecule is COc1c(Cl)cc(Cl)cc1[C@@H]1C(C(N)=O)=C(C)Nc2ncnn21. The molecule has 0 radical (unpaired) electrons. The maximum absolute atomic E-state index is 12.0. The van der Waals surface area contributed by atoms with Gasteiger partial charge in [-0.3, -0.25) is 4.79 Å². The summed E-state index contributed by atoms with van der Waals surface area (Å²) in [6.45, 7) is 1.74. The molecule has 1 aromatic carbocycles. The van der Waals surface area contributed by atoms with Crippen molar-refractivity contribution in [2.75, 3.05) is 12.4 Å². The van der Waals surface area contributed by atoms with Gasteiger partial charge in [-0.1, -0.05) is 23.2 Å². The molecule has 0 saturated heterocycles. The summed E-state index contributed by atoms with van der Waals surface area (Å²) in [6.07, 6.45) is 1.38. The second kappa shape index (κ2) is 5.75. The molecule has 1 aliphatic heterocycles. The van der Waals surface area contributed by atoms with Gasteiger partial charge in [0.1, 0.15) is 18.1 Å². The van der Waals surface area contributed by atoms with Crippen molar-refractivity contribution in [2.45, 2.75) is 13.0 Å². The number of aromatic nitrogens is 3. The number of rotatable bonds is 3. The summed E-state index contributed by atoms with van der Waals surface area (Å²) in [5.41, 5.74) is 7.07. The van der Waals surface area contributed by atoms with Crippen LogP contribution in [0.3, 0.4) is 0 Å². The standard InChI is InChI=1S/C14H13Cl2N5O2/c1-6-10(13(17)22)11(21-14(20-6)18-5-19-21)8-3-7(15)4-9(16)12(8)23-2/h3-5,11H,1-2H3,(H2,17,22)(H,18,19,20)/t11-/m1/s1. The van der Waals surface area contributed by atoms with Gasteiger partial charge in [-0.25, -0.2) is 4.68 Å². The van der Waals surface area contributed by atoms with Crippen LogP contribution in [-0.4, -0.2) is 27.8 Å². The number of ether oxygens (including phenoxy) is 1. The summed E-state index contributed by atoms with van der Waals surface area (Å²) in [5, 5.41) is 7.91. The molecule has 120 valence electrons. The minimum Gasteiger partial charge on any atom is -0.495 e. The average Bonchev–Trinajstić information content (AvgIpc) is 2.92. The number of fused-ring (bicyclic) bond motifs is 1. The zero-order valence-electron chi connectivity index (χ0n) is 12.3. The Morgan fingerprint density at radius 2 is 2.17 bits per heavy atom. The molecule has 0 spiro atoms. The van der Waals surface area contributed by atoms with Gasteiger partial charge >= 0.3 is 0 Å². The Hall–Kier alpha value is -2.25. The Balaban J connectivity index is 2.31. The van der Waals surface area contributed by atoms with Gasteiger partial charge in [-0.15, -0.1) is 0 Å². The molecule has 1 aromatic heterocycles. The fourth-order valence-corrected chi connectivity index (χ4v) is 3.28. The zero-order valence-corrected chi connectivity index (χ0v) is 13.8. The Morgan fingerprint density at radius 1 is 1.43 bits per heavy atom. The maximum atomic E-state index is 12.0. The number of hydrogen-bond acceptors (Lipinski definition) is 5. The van der Waals surface area contributed by atoms with Crippen LogP contribution in [0.1, 0.15) is 18.5 Å². The van der Waals surface area contributed by atoms with Gasteiger partial charge < -0.3 is 15.8 Å². The van der Waals surface area contributed by atoms with Gasteiger partial charge in [0, 0.05) is 16.3 Å². The van der Waals surface area contributed by atoms with E-state index in [2.05, 4.69) is 15.4 Å².